The van der Waals surface area contributed by atoms with Crippen molar-refractivity contribution in [2.24, 2.45) is 7.05 Å². The first kappa shape index (κ1) is 22.0. The monoisotopic (exact) mass is 474 g/mol. The van der Waals surface area contributed by atoms with Crippen molar-refractivity contribution in [2.45, 2.75) is 18.9 Å². The average molecular weight is 474 g/mol. The molecule has 2 aliphatic heterocycles. The summed E-state index contributed by atoms with van der Waals surface area (Å²) in [4.78, 5) is 81.0. The highest BCUT2D eigenvalue weighted by Gasteiger charge is 2.42. The molecule has 11 heteroatoms. The highest BCUT2D eigenvalue weighted by atomic mass is 16.7. The third kappa shape index (κ3) is 3.53. The second-order valence-electron chi connectivity index (χ2n) is 8.14. The number of imide groups is 1. The maximum Gasteiger partial charge on any atom is 0.334 e. The predicted molar refractivity (Wildman–Crippen MR) is 121 cm³/mol. The number of aromatic nitrogens is 2. The molecule has 0 saturated carbocycles. The first-order chi connectivity index (χ1) is 16.8. The molecule has 1 aromatic heterocycles. The maximum atomic E-state index is 12.9. The molecule has 1 N–H and O–H groups in total. The second-order valence-corrected chi connectivity index (χ2v) is 8.14. The Morgan fingerprint density at radius 2 is 1.51 bits per heavy atom. The van der Waals surface area contributed by atoms with Crippen LogP contribution in [-0.4, -0.2) is 37.9 Å². The molecule has 5 rings (SSSR count). The molecule has 2 aromatic carbocycles. The lowest BCUT2D eigenvalue weighted by atomic mass is 9.99. The number of carbonyl (C=O) groups is 4. The van der Waals surface area contributed by atoms with Crippen molar-refractivity contribution in [3.05, 3.63) is 97.7 Å². The third-order valence-electron chi connectivity index (χ3n) is 5.99. The van der Waals surface area contributed by atoms with Crippen LogP contribution in [0, 0.1) is 0 Å². The van der Waals surface area contributed by atoms with E-state index < -0.39 is 47.3 Å². The van der Waals surface area contributed by atoms with Gasteiger partial charge < -0.3 is 10.2 Å². The van der Waals surface area contributed by atoms with E-state index in [-0.39, 0.29) is 29.1 Å². The number of carbonyl (C=O) groups excluding carboxylic acids is 4. The van der Waals surface area contributed by atoms with Gasteiger partial charge in [-0.15, -0.1) is 0 Å². The fourth-order valence-electron chi connectivity index (χ4n) is 4.24. The number of nitrogens with zero attached hydrogens (tertiary/aromatic N) is 3. The maximum absolute atomic E-state index is 12.9. The zero-order valence-corrected chi connectivity index (χ0v) is 18.4. The van der Waals surface area contributed by atoms with Gasteiger partial charge in [0.2, 0.25) is 5.91 Å². The molecule has 0 bridgehead atoms. The van der Waals surface area contributed by atoms with E-state index in [1.165, 1.54) is 23.7 Å². The van der Waals surface area contributed by atoms with Crippen molar-refractivity contribution in [3.63, 3.8) is 0 Å². The van der Waals surface area contributed by atoms with Gasteiger partial charge in [0.1, 0.15) is 5.82 Å². The normalized spacial score (nSPS) is 16.2. The minimum Gasteiger partial charge on any atom is -0.330 e. The van der Waals surface area contributed by atoms with Gasteiger partial charge in [0, 0.05) is 7.05 Å². The summed E-state index contributed by atoms with van der Waals surface area (Å²) < 4.78 is 2.12. The van der Waals surface area contributed by atoms with E-state index >= 15 is 0 Å². The van der Waals surface area contributed by atoms with Crippen LogP contribution in [0.5, 0.6) is 0 Å². The van der Waals surface area contributed by atoms with Crippen molar-refractivity contribution in [1.82, 2.24) is 14.2 Å². The van der Waals surface area contributed by atoms with E-state index in [0.29, 0.717) is 5.06 Å². The fourth-order valence-corrected chi connectivity index (χ4v) is 4.24. The van der Waals surface area contributed by atoms with Gasteiger partial charge >= 0.3 is 11.7 Å². The van der Waals surface area contributed by atoms with Gasteiger partial charge in [-0.2, -0.15) is 0 Å². The van der Waals surface area contributed by atoms with Gasteiger partial charge in [-0.25, -0.2) is 9.59 Å². The van der Waals surface area contributed by atoms with Crippen molar-refractivity contribution < 1.29 is 24.0 Å². The van der Waals surface area contributed by atoms with Crippen molar-refractivity contribution in [2.75, 3.05) is 5.32 Å². The lowest BCUT2D eigenvalue weighted by Gasteiger charge is -2.15. The SMILES string of the molecule is Cn1c(=O)c2c(n(Cc3ccccc3)c1=O)NC(=O)C2CC(=O)ON1C(=O)c2ccccc2C1=O. The molecule has 2 aliphatic rings. The van der Waals surface area contributed by atoms with Gasteiger partial charge in [0.05, 0.1) is 35.6 Å². The number of hydroxylamine groups is 2. The lowest BCUT2D eigenvalue weighted by Crippen LogP contribution is -2.40. The molecule has 0 fully saturated rings. The van der Waals surface area contributed by atoms with Crippen LogP contribution in [0.2, 0.25) is 0 Å². The molecule has 1 atom stereocenters. The Hall–Kier alpha value is -4.80. The van der Waals surface area contributed by atoms with E-state index in [2.05, 4.69) is 5.32 Å². The minimum absolute atomic E-state index is 0.00508. The third-order valence-corrected chi connectivity index (χ3v) is 5.99. The summed E-state index contributed by atoms with van der Waals surface area (Å²) in [5.74, 6) is -4.61. The van der Waals surface area contributed by atoms with Crippen LogP contribution in [0.25, 0.3) is 0 Å². The summed E-state index contributed by atoms with van der Waals surface area (Å²) in [5, 5.41) is 2.87. The standard InChI is InChI=1S/C24H18N4O7/c1-26-23(33)18-16(11-17(29)35-28-21(31)14-9-5-6-10-15(14)22(28)32)20(30)25-19(18)27(24(26)34)12-13-7-3-2-4-8-13/h2-10,16H,11-12H2,1H3,(H,25,30). The molecule has 35 heavy (non-hydrogen) atoms. The van der Waals surface area contributed by atoms with E-state index in [9.17, 15) is 28.8 Å². The molecule has 3 amide bonds. The molecule has 3 aromatic rings. The number of anilines is 1. The first-order valence-electron chi connectivity index (χ1n) is 10.6. The van der Waals surface area contributed by atoms with Gasteiger partial charge in [-0.1, -0.05) is 47.5 Å². The number of hydrogen-bond acceptors (Lipinski definition) is 7. The molecule has 3 heterocycles. The molecule has 0 radical (unpaired) electrons. The van der Waals surface area contributed by atoms with E-state index in [4.69, 9.17) is 4.84 Å². The number of hydrogen-bond donors (Lipinski definition) is 1. The summed E-state index contributed by atoms with van der Waals surface area (Å²) in [6.07, 6.45) is -0.620. The summed E-state index contributed by atoms with van der Waals surface area (Å²) >= 11 is 0. The molecule has 11 nitrogen and oxygen atoms in total. The Morgan fingerprint density at radius 1 is 0.914 bits per heavy atom. The van der Waals surface area contributed by atoms with Gasteiger partial charge in [0.15, 0.2) is 0 Å². The molecule has 0 spiro atoms. The summed E-state index contributed by atoms with van der Waals surface area (Å²) in [7, 11) is 1.28. The quantitative estimate of drug-likeness (QED) is 0.540. The smallest absolute Gasteiger partial charge is 0.330 e. The number of amides is 3. The number of fused-ring (bicyclic) bond motifs is 2. The van der Waals surface area contributed by atoms with Crippen LogP contribution >= 0.6 is 0 Å². The largest absolute Gasteiger partial charge is 0.334 e. The van der Waals surface area contributed by atoms with Crippen LogP contribution in [0.4, 0.5) is 5.82 Å². The highest BCUT2D eigenvalue weighted by molar-refractivity contribution is 6.21. The average Bonchev–Trinajstić information content (AvgIpc) is 3.30. The van der Waals surface area contributed by atoms with Crippen molar-refractivity contribution in [3.8, 4) is 0 Å². The van der Waals surface area contributed by atoms with Gasteiger partial charge in [-0.3, -0.25) is 28.3 Å². The topological polar surface area (TPSA) is 137 Å². The molecule has 1 unspecified atom stereocenters. The van der Waals surface area contributed by atoms with Crippen molar-refractivity contribution >= 4 is 29.5 Å². The van der Waals surface area contributed by atoms with Crippen LogP contribution < -0.4 is 16.6 Å². The second kappa shape index (κ2) is 8.20. The lowest BCUT2D eigenvalue weighted by molar-refractivity contribution is -0.169. The van der Waals surface area contributed by atoms with E-state index in [0.717, 1.165) is 10.1 Å². The van der Waals surface area contributed by atoms with Gasteiger partial charge in [0.25, 0.3) is 17.4 Å². The molecular weight excluding hydrogens is 456 g/mol. The fraction of sp³-hybridized carbons (Fsp3) is 0.167. The number of rotatable bonds is 5. The zero-order valence-electron chi connectivity index (χ0n) is 18.4. The highest BCUT2D eigenvalue weighted by Crippen LogP contribution is 2.32. The first-order valence-corrected chi connectivity index (χ1v) is 10.6. The van der Waals surface area contributed by atoms with Crippen molar-refractivity contribution in [1.29, 1.82) is 0 Å². The predicted octanol–water partition coefficient (Wildman–Crippen LogP) is 0.775. The zero-order chi connectivity index (χ0) is 24.9. The molecule has 0 saturated heterocycles. The Morgan fingerprint density at radius 3 is 2.14 bits per heavy atom. The van der Waals surface area contributed by atoms with E-state index in [1.54, 1.807) is 36.4 Å². The number of nitrogens with one attached hydrogen (secondary N) is 1. The van der Waals surface area contributed by atoms with Crippen LogP contribution in [0.1, 0.15) is 44.2 Å². The minimum atomic E-state index is -1.27. The van der Waals surface area contributed by atoms with Crippen LogP contribution in [0.3, 0.4) is 0 Å². The van der Waals surface area contributed by atoms with Gasteiger partial charge in [-0.05, 0) is 17.7 Å². The van der Waals surface area contributed by atoms with Crippen LogP contribution in [-0.2, 0) is 28.0 Å². The Bertz CT molecular complexity index is 1500. The summed E-state index contributed by atoms with van der Waals surface area (Å²) in [6, 6.07) is 15.0. The summed E-state index contributed by atoms with van der Waals surface area (Å²) in [6.45, 7) is 0.0859. The molecule has 176 valence electrons. The van der Waals surface area contributed by atoms with E-state index in [1.807, 2.05) is 6.07 Å². The molecule has 0 aliphatic carbocycles. The Labute approximate surface area is 197 Å². The Balaban J connectivity index is 1.43. The molecular formula is C24H18N4O7. The number of benzene rings is 2. The summed E-state index contributed by atoms with van der Waals surface area (Å²) in [5.41, 5.74) is -0.482. The van der Waals surface area contributed by atoms with Crippen LogP contribution in [0.15, 0.2) is 64.2 Å². The Kier molecular flexibility index (Phi) is 5.16.